The highest BCUT2D eigenvalue weighted by Gasteiger charge is 2.04. The van der Waals surface area contributed by atoms with Gasteiger partial charge in [-0.05, 0) is 43.4 Å². The summed E-state index contributed by atoms with van der Waals surface area (Å²) in [5.41, 5.74) is 1.37. The van der Waals surface area contributed by atoms with Crippen LogP contribution in [0.3, 0.4) is 0 Å². The fourth-order valence-corrected chi connectivity index (χ4v) is 3.85. The standard InChI is InChI=1S/C31H52O9/c1-2-3-4-5-6-7-8-11-28-14-16-29(17-15-28)39-26-24-37-22-20-35-18-19-36-21-23-38-25-27-40-31(34)13-10-9-12-30(32)33/h14-17H,2-13,18-27H2,1H3,(H,32,33). The number of esters is 1. The quantitative estimate of drug-likeness (QED) is 0.0973. The Morgan fingerprint density at radius 3 is 1.68 bits per heavy atom. The smallest absolute Gasteiger partial charge is 0.305 e. The van der Waals surface area contributed by atoms with Crippen LogP contribution in [0, 0.1) is 0 Å². The molecular weight excluding hydrogens is 516 g/mol. The monoisotopic (exact) mass is 568 g/mol. The SMILES string of the molecule is CCCCCCCCCc1ccc(OCCOCCOCCOCCOCCOC(=O)CCCCC(=O)O)cc1. The van der Waals surface area contributed by atoms with E-state index in [1.54, 1.807) is 0 Å². The molecule has 0 unspecified atom stereocenters. The van der Waals surface area contributed by atoms with Crippen LogP contribution in [-0.2, 0) is 39.7 Å². The number of ether oxygens (including phenoxy) is 6. The van der Waals surface area contributed by atoms with E-state index in [2.05, 4.69) is 19.1 Å². The van der Waals surface area contributed by atoms with Crippen LogP contribution in [0.2, 0.25) is 0 Å². The van der Waals surface area contributed by atoms with Crippen molar-refractivity contribution in [2.24, 2.45) is 0 Å². The number of carbonyl (C=O) groups excluding carboxylic acids is 1. The summed E-state index contributed by atoms with van der Waals surface area (Å²) >= 11 is 0. The zero-order chi connectivity index (χ0) is 28.9. The van der Waals surface area contributed by atoms with E-state index in [1.165, 1.54) is 50.5 Å². The van der Waals surface area contributed by atoms with Crippen molar-refractivity contribution in [3.05, 3.63) is 29.8 Å². The number of carboxylic acid groups (broad SMARTS) is 1. The van der Waals surface area contributed by atoms with Crippen molar-refractivity contribution in [1.82, 2.24) is 0 Å². The Labute approximate surface area is 240 Å². The summed E-state index contributed by atoms with van der Waals surface area (Å²) in [6.07, 6.45) is 11.7. The zero-order valence-electron chi connectivity index (χ0n) is 24.6. The second kappa shape index (κ2) is 27.0. The Morgan fingerprint density at radius 1 is 0.600 bits per heavy atom. The molecule has 9 nitrogen and oxygen atoms in total. The van der Waals surface area contributed by atoms with Gasteiger partial charge in [0.2, 0.25) is 0 Å². The van der Waals surface area contributed by atoms with E-state index >= 15 is 0 Å². The van der Waals surface area contributed by atoms with E-state index in [1.807, 2.05) is 12.1 Å². The molecule has 0 aromatic heterocycles. The molecule has 0 heterocycles. The third-order valence-electron chi connectivity index (χ3n) is 6.12. The molecule has 40 heavy (non-hydrogen) atoms. The number of carboxylic acids is 1. The average Bonchev–Trinajstić information content (AvgIpc) is 2.95. The van der Waals surface area contributed by atoms with Crippen LogP contribution in [0.25, 0.3) is 0 Å². The number of rotatable bonds is 29. The maximum absolute atomic E-state index is 11.5. The van der Waals surface area contributed by atoms with Crippen molar-refractivity contribution in [3.8, 4) is 5.75 Å². The molecule has 0 aliphatic heterocycles. The second-order valence-corrected chi connectivity index (χ2v) is 9.63. The highest BCUT2D eigenvalue weighted by atomic mass is 16.6. The van der Waals surface area contributed by atoms with Crippen LogP contribution in [0.4, 0.5) is 0 Å². The Hall–Kier alpha value is -2.20. The Balaban J connectivity index is 1.81. The van der Waals surface area contributed by atoms with Gasteiger partial charge in [-0.25, -0.2) is 0 Å². The lowest BCUT2D eigenvalue weighted by Gasteiger charge is -2.09. The van der Waals surface area contributed by atoms with E-state index in [9.17, 15) is 9.59 Å². The van der Waals surface area contributed by atoms with Crippen molar-refractivity contribution >= 4 is 11.9 Å². The fourth-order valence-electron chi connectivity index (χ4n) is 3.85. The van der Waals surface area contributed by atoms with Crippen molar-refractivity contribution in [3.63, 3.8) is 0 Å². The minimum absolute atomic E-state index is 0.0694. The van der Waals surface area contributed by atoms with Crippen LogP contribution in [-0.4, -0.2) is 83.1 Å². The fraction of sp³-hybridized carbons (Fsp3) is 0.742. The number of unbranched alkanes of at least 4 members (excludes halogenated alkanes) is 7. The van der Waals surface area contributed by atoms with Crippen LogP contribution in [0.1, 0.15) is 83.1 Å². The third-order valence-corrected chi connectivity index (χ3v) is 6.12. The summed E-state index contributed by atoms with van der Waals surface area (Å²) in [6, 6.07) is 8.39. The number of hydrogen-bond acceptors (Lipinski definition) is 8. The number of hydrogen-bond donors (Lipinski definition) is 1. The second-order valence-electron chi connectivity index (χ2n) is 9.63. The number of carbonyl (C=O) groups is 2. The van der Waals surface area contributed by atoms with E-state index in [-0.39, 0.29) is 25.4 Å². The van der Waals surface area contributed by atoms with Gasteiger partial charge >= 0.3 is 11.9 Å². The summed E-state index contributed by atoms with van der Waals surface area (Å²) in [4.78, 5) is 21.9. The van der Waals surface area contributed by atoms with Gasteiger partial charge in [-0.2, -0.15) is 0 Å². The molecule has 0 aliphatic rings. The molecule has 9 heteroatoms. The summed E-state index contributed by atoms with van der Waals surface area (Å²) in [5, 5.41) is 8.54. The number of benzene rings is 1. The molecule has 0 amide bonds. The first kappa shape index (κ1) is 35.8. The molecule has 0 radical (unpaired) electrons. The molecule has 0 saturated heterocycles. The molecular formula is C31H52O9. The van der Waals surface area contributed by atoms with Crippen molar-refractivity contribution in [2.75, 3.05) is 66.1 Å². The van der Waals surface area contributed by atoms with Gasteiger partial charge < -0.3 is 33.5 Å². The van der Waals surface area contributed by atoms with Crippen LogP contribution < -0.4 is 4.74 Å². The van der Waals surface area contributed by atoms with Gasteiger partial charge in [0, 0.05) is 12.8 Å². The average molecular weight is 569 g/mol. The van der Waals surface area contributed by atoms with Crippen LogP contribution in [0.15, 0.2) is 24.3 Å². The van der Waals surface area contributed by atoms with E-state index < -0.39 is 5.97 Å². The minimum atomic E-state index is -0.855. The molecule has 230 valence electrons. The maximum Gasteiger partial charge on any atom is 0.305 e. The molecule has 0 saturated carbocycles. The van der Waals surface area contributed by atoms with Gasteiger partial charge in [0.25, 0.3) is 0 Å². The Morgan fingerprint density at radius 2 is 1.10 bits per heavy atom. The number of aliphatic carboxylic acids is 1. The summed E-state index contributed by atoms with van der Waals surface area (Å²) in [6.45, 7) is 6.52. The molecule has 1 aromatic rings. The minimum Gasteiger partial charge on any atom is -0.491 e. The first-order valence-electron chi connectivity index (χ1n) is 15.0. The maximum atomic E-state index is 11.5. The highest BCUT2D eigenvalue weighted by molar-refractivity contribution is 5.69. The highest BCUT2D eigenvalue weighted by Crippen LogP contribution is 2.15. The van der Waals surface area contributed by atoms with Crippen molar-refractivity contribution in [2.45, 2.75) is 84.0 Å². The summed E-state index contributed by atoms with van der Waals surface area (Å²) < 4.78 is 32.6. The van der Waals surface area contributed by atoms with Gasteiger partial charge in [-0.3, -0.25) is 9.59 Å². The lowest BCUT2D eigenvalue weighted by atomic mass is 10.0. The van der Waals surface area contributed by atoms with Gasteiger partial charge in [0.1, 0.15) is 19.0 Å². The molecule has 1 aromatic carbocycles. The third kappa shape index (κ3) is 23.7. The van der Waals surface area contributed by atoms with E-state index in [0.717, 1.165) is 12.2 Å². The Bertz CT molecular complexity index is 724. The van der Waals surface area contributed by atoms with Crippen molar-refractivity contribution < 1.29 is 43.1 Å². The first-order valence-corrected chi connectivity index (χ1v) is 15.0. The van der Waals surface area contributed by atoms with Crippen molar-refractivity contribution in [1.29, 1.82) is 0 Å². The van der Waals surface area contributed by atoms with Gasteiger partial charge in [0.05, 0.1) is 52.9 Å². The summed E-state index contributed by atoms with van der Waals surface area (Å²) in [7, 11) is 0. The topological polar surface area (TPSA) is 110 Å². The van der Waals surface area contributed by atoms with Gasteiger partial charge in [-0.15, -0.1) is 0 Å². The molecule has 1 rings (SSSR count). The zero-order valence-corrected chi connectivity index (χ0v) is 24.6. The molecule has 0 fully saturated rings. The Kier molecular flexibility index (Phi) is 24.2. The van der Waals surface area contributed by atoms with E-state index in [4.69, 9.17) is 33.5 Å². The largest absolute Gasteiger partial charge is 0.491 e. The molecule has 0 atom stereocenters. The predicted molar refractivity (Wildman–Crippen MR) is 154 cm³/mol. The van der Waals surface area contributed by atoms with Gasteiger partial charge in [0.15, 0.2) is 0 Å². The predicted octanol–water partition coefficient (Wildman–Crippen LogP) is 5.61. The lowest BCUT2D eigenvalue weighted by Crippen LogP contribution is -2.15. The normalized spacial score (nSPS) is 11.0. The molecule has 0 aliphatic carbocycles. The van der Waals surface area contributed by atoms with Gasteiger partial charge in [-0.1, -0.05) is 57.6 Å². The summed E-state index contributed by atoms with van der Waals surface area (Å²) in [5.74, 6) is -0.319. The molecule has 1 N–H and O–H groups in total. The lowest BCUT2D eigenvalue weighted by molar-refractivity contribution is -0.146. The first-order chi connectivity index (χ1) is 19.6. The number of aryl methyl sites for hydroxylation is 1. The molecule has 0 bridgehead atoms. The molecule has 0 spiro atoms. The van der Waals surface area contributed by atoms with E-state index in [0.29, 0.717) is 72.3 Å². The van der Waals surface area contributed by atoms with Crippen LogP contribution in [0.5, 0.6) is 5.75 Å². The van der Waals surface area contributed by atoms with Crippen LogP contribution >= 0.6 is 0 Å².